The monoisotopic (exact) mass is 396 g/mol. The molecule has 1 unspecified atom stereocenters. The van der Waals surface area contributed by atoms with Crippen LogP contribution in [0, 0.1) is 0 Å². The molecule has 23 heavy (non-hydrogen) atoms. The molecule has 1 atom stereocenters. The summed E-state index contributed by atoms with van der Waals surface area (Å²) in [5.74, 6) is 0. The summed E-state index contributed by atoms with van der Waals surface area (Å²) in [5.41, 5.74) is 0. The molecular formula is C15H40O4Si4. The van der Waals surface area contributed by atoms with E-state index < -0.39 is 33.8 Å². The first-order valence-corrected chi connectivity index (χ1v) is 20.5. The molecule has 0 N–H and O–H groups in total. The van der Waals surface area contributed by atoms with Gasteiger partial charge in [-0.05, 0) is 65.3 Å². The summed E-state index contributed by atoms with van der Waals surface area (Å²) >= 11 is 0. The third kappa shape index (κ3) is 15.7. The van der Waals surface area contributed by atoms with Crippen LogP contribution in [-0.4, -0.2) is 46.6 Å². The fraction of sp³-hybridized carbons (Fsp3) is 0.867. The number of hydrogen-bond donors (Lipinski definition) is 0. The maximum atomic E-state index is 6.50. The van der Waals surface area contributed by atoms with Gasteiger partial charge < -0.3 is 17.1 Å². The van der Waals surface area contributed by atoms with Crippen LogP contribution in [0.4, 0.5) is 0 Å². The van der Waals surface area contributed by atoms with Crippen molar-refractivity contribution in [3.05, 3.63) is 13.2 Å². The summed E-state index contributed by atoms with van der Waals surface area (Å²) in [7, 11) is -7.84. The second kappa shape index (κ2) is 10.4. The molecular weight excluding hydrogens is 357 g/mol. The highest BCUT2D eigenvalue weighted by atomic mass is 28.5. The van der Waals surface area contributed by atoms with Crippen molar-refractivity contribution in [2.45, 2.75) is 72.3 Å². The van der Waals surface area contributed by atoms with Crippen LogP contribution in [0.15, 0.2) is 13.2 Å². The van der Waals surface area contributed by atoms with Gasteiger partial charge in [0.05, 0.1) is 6.23 Å². The largest absolute Gasteiger partial charge is 0.437 e. The molecule has 0 spiro atoms. The van der Waals surface area contributed by atoms with Gasteiger partial charge >= 0.3 is 17.1 Å². The van der Waals surface area contributed by atoms with E-state index in [2.05, 4.69) is 79.0 Å². The maximum Gasteiger partial charge on any atom is 0.342 e. The van der Waals surface area contributed by atoms with Gasteiger partial charge in [0.1, 0.15) is 0 Å². The molecule has 140 valence electrons. The number of ether oxygens (including phenoxy) is 1. The normalized spacial score (nSPS) is 15.6. The van der Waals surface area contributed by atoms with E-state index in [0.717, 1.165) is 13.0 Å². The zero-order chi connectivity index (χ0) is 18.9. The molecule has 0 radical (unpaired) electrons. The molecule has 0 saturated heterocycles. The van der Waals surface area contributed by atoms with Gasteiger partial charge in [-0.1, -0.05) is 6.92 Å². The molecule has 0 aliphatic rings. The van der Waals surface area contributed by atoms with Crippen LogP contribution < -0.4 is 0 Å². The van der Waals surface area contributed by atoms with Crippen LogP contribution in [0.1, 0.15) is 13.3 Å². The van der Waals surface area contributed by atoms with Gasteiger partial charge in [0.2, 0.25) is 0 Å². The molecule has 0 aliphatic carbocycles. The lowest BCUT2D eigenvalue weighted by atomic mass is 10.5. The highest BCUT2D eigenvalue weighted by molar-refractivity contribution is 6.89. The first-order valence-electron chi connectivity index (χ1n) is 8.36. The first kappa shape index (κ1) is 25.7. The van der Waals surface area contributed by atoms with Crippen molar-refractivity contribution < 1.29 is 17.1 Å². The molecule has 0 aromatic rings. The summed E-state index contributed by atoms with van der Waals surface area (Å²) in [6.07, 6.45) is 1.61. The Morgan fingerprint density at radius 1 is 0.696 bits per heavy atom. The third-order valence-corrected chi connectivity index (χ3v) is 15.3. The Labute approximate surface area is 149 Å². The van der Waals surface area contributed by atoms with Gasteiger partial charge in [-0.2, -0.15) is 0 Å². The minimum absolute atomic E-state index is 0.594. The van der Waals surface area contributed by atoms with E-state index in [1.165, 1.54) is 0 Å². The topological polar surface area (TPSA) is 36.9 Å². The van der Waals surface area contributed by atoms with Crippen molar-refractivity contribution in [2.75, 3.05) is 12.8 Å². The lowest BCUT2D eigenvalue weighted by Gasteiger charge is -2.41. The number of rotatable bonds is 10. The number of hydrogen-bond acceptors (Lipinski definition) is 4. The van der Waals surface area contributed by atoms with Crippen LogP contribution in [0.5, 0.6) is 0 Å². The van der Waals surface area contributed by atoms with Crippen molar-refractivity contribution in [1.29, 1.82) is 0 Å². The van der Waals surface area contributed by atoms with Crippen LogP contribution in [0.25, 0.3) is 0 Å². The summed E-state index contributed by atoms with van der Waals surface area (Å²) < 4.78 is 25.0. The van der Waals surface area contributed by atoms with Crippen LogP contribution >= 0.6 is 0 Å². The molecule has 0 heterocycles. The first-order chi connectivity index (χ1) is 10.2. The SMILES string of the molecule is C=C.CCCOC[Si](C)(O[Si](C)(C)C)O[Si](C)(C)O[Si](C)(C)C. The van der Waals surface area contributed by atoms with E-state index in [0.29, 0.717) is 6.23 Å². The highest BCUT2D eigenvalue weighted by Gasteiger charge is 2.44. The van der Waals surface area contributed by atoms with Gasteiger partial charge in [-0.25, -0.2) is 0 Å². The van der Waals surface area contributed by atoms with Crippen molar-refractivity contribution >= 4 is 33.8 Å². The summed E-state index contributed by atoms with van der Waals surface area (Å²) in [6.45, 7) is 28.5. The predicted octanol–water partition coefficient (Wildman–Crippen LogP) is 5.25. The molecule has 0 bridgehead atoms. The summed E-state index contributed by atoms with van der Waals surface area (Å²) in [6, 6.07) is 0. The summed E-state index contributed by atoms with van der Waals surface area (Å²) in [5, 5.41) is 0. The highest BCUT2D eigenvalue weighted by Crippen LogP contribution is 2.24. The molecule has 0 aliphatic heterocycles. The Hall–Kier alpha value is 0.448. The molecule has 0 fully saturated rings. The van der Waals surface area contributed by atoms with Gasteiger partial charge in [0.15, 0.2) is 16.6 Å². The minimum Gasteiger partial charge on any atom is -0.437 e. The Bertz CT molecular complexity index is 326. The van der Waals surface area contributed by atoms with Gasteiger partial charge in [-0.3, -0.25) is 0 Å². The molecule has 0 saturated carbocycles. The van der Waals surface area contributed by atoms with Crippen molar-refractivity contribution in [3.63, 3.8) is 0 Å². The smallest absolute Gasteiger partial charge is 0.342 e. The molecule has 0 amide bonds. The van der Waals surface area contributed by atoms with E-state index in [-0.39, 0.29) is 0 Å². The third-order valence-electron chi connectivity index (χ3n) is 2.25. The molecule has 0 rings (SSSR count). The van der Waals surface area contributed by atoms with Crippen molar-refractivity contribution in [2.24, 2.45) is 0 Å². The predicted molar refractivity (Wildman–Crippen MR) is 111 cm³/mol. The average molecular weight is 397 g/mol. The molecule has 4 nitrogen and oxygen atoms in total. The zero-order valence-electron chi connectivity index (χ0n) is 17.2. The van der Waals surface area contributed by atoms with Gasteiger partial charge in [0, 0.05) is 6.61 Å². The quantitative estimate of drug-likeness (QED) is 0.287. The van der Waals surface area contributed by atoms with E-state index >= 15 is 0 Å². The Kier molecular flexibility index (Phi) is 11.7. The fourth-order valence-electron chi connectivity index (χ4n) is 2.41. The van der Waals surface area contributed by atoms with Crippen LogP contribution in [-0.2, 0) is 17.1 Å². The van der Waals surface area contributed by atoms with Crippen LogP contribution in [0.3, 0.4) is 0 Å². The molecule has 0 aromatic heterocycles. The van der Waals surface area contributed by atoms with E-state index in [4.69, 9.17) is 17.1 Å². The van der Waals surface area contributed by atoms with Gasteiger partial charge in [-0.15, -0.1) is 13.2 Å². The van der Waals surface area contributed by atoms with E-state index in [9.17, 15) is 0 Å². The lowest BCUT2D eigenvalue weighted by molar-refractivity contribution is 0.146. The second-order valence-corrected chi connectivity index (χ2v) is 24.4. The summed E-state index contributed by atoms with van der Waals surface area (Å²) in [4.78, 5) is 0. The molecule has 8 heteroatoms. The maximum absolute atomic E-state index is 6.50. The van der Waals surface area contributed by atoms with Crippen LogP contribution in [0.2, 0.25) is 58.9 Å². The average Bonchev–Trinajstić information content (AvgIpc) is 2.24. The van der Waals surface area contributed by atoms with E-state index in [1.807, 2.05) is 0 Å². The van der Waals surface area contributed by atoms with Crippen molar-refractivity contribution in [3.8, 4) is 0 Å². The second-order valence-electron chi connectivity index (χ2n) is 8.12. The Morgan fingerprint density at radius 3 is 1.48 bits per heavy atom. The lowest BCUT2D eigenvalue weighted by Crippen LogP contribution is -2.59. The standard InChI is InChI=1S/C13H36O4Si4.C2H4/c1-11-12-14-13-21(10,16-19(5,6)7)17-20(8,9)15-18(2,3)4;1-2/h11-13H2,1-10H3;1-2H2. The minimum atomic E-state index is -2.36. The zero-order valence-corrected chi connectivity index (χ0v) is 21.2. The Balaban J connectivity index is 0. The fourth-order valence-corrected chi connectivity index (χ4v) is 19.7. The van der Waals surface area contributed by atoms with Crippen molar-refractivity contribution in [1.82, 2.24) is 0 Å². The van der Waals surface area contributed by atoms with E-state index in [1.54, 1.807) is 0 Å². The Morgan fingerprint density at radius 2 is 1.13 bits per heavy atom. The molecule has 0 aromatic carbocycles. The van der Waals surface area contributed by atoms with Gasteiger partial charge in [0.25, 0.3) is 0 Å².